The molecule has 0 aliphatic carbocycles. The van der Waals surface area contributed by atoms with Gasteiger partial charge in [-0.3, -0.25) is 14.8 Å². The van der Waals surface area contributed by atoms with Crippen LogP contribution in [0, 0.1) is 0 Å². The summed E-state index contributed by atoms with van der Waals surface area (Å²) in [4.78, 5) is 20.0. The van der Waals surface area contributed by atoms with E-state index in [0.29, 0.717) is 12.1 Å². The Labute approximate surface area is 106 Å². The molecule has 0 atom stereocenters. The molecule has 0 saturated carbocycles. The summed E-state index contributed by atoms with van der Waals surface area (Å²) in [6, 6.07) is 7.41. The molecule has 0 aromatic carbocycles. The van der Waals surface area contributed by atoms with Crippen LogP contribution in [-0.2, 0) is 0 Å². The monoisotopic (exact) mass is 241 g/mol. The molecule has 18 heavy (non-hydrogen) atoms. The van der Waals surface area contributed by atoms with Crippen molar-refractivity contribution in [3.05, 3.63) is 48.4 Å². The Morgan fingerprint density at radius 1 is 1.28 bits per heavy atom. The van der Waals surface area contributed by atoms with Crippen LogP contribution in [0.5, 0.6) is 0 Å². The van der Waals surface area contributed by atoms with E-state index in [2.05, 4.69) is 15.3 Å². The third-order valence-corrected chi connectivity index (χ3v) is 2.52. The summed E-state index contributed by atoms with van der Waals surface area (Å²) in [5.41, 5.74) is 2.34. The van der Waals surface area contributed by atoms with E-state index in [1.807, 2.05) is 25.1 Å². The van der Waals surface area contributed by atoms with E-state index in [1.54, 1.807) is 24.7 Å². The first-order valence-corrected chi connectivity index (χ1v) is 5.96. The molecule has 1 N–H and O–H groups in total. The molecule has 1 amide bonds. The number of rotatable bonds is 4. The number of hydrogen-bond acceptors (Lipinski definition) is 3. The zero-order valence-corrected chi connectivity index (χ0v) is 10.3. The highest BCUT2D eigenvalue weighted by Crippen LogP contribution is 2.14. The maximum atomic E-state index is 11.7. The van der Waals surface area contributed by atoms with Gasteiger partial charge < -0.3 is 5.32 Å². The normalized spacial score (nSPS) is 10.1. The molecule has 0 spiro atoms. The van der Waals surface area contributed by atoms with Gasteiger partial charge in [-0.25, -0.2) is 0 Å². The highest BCUT2D eigenvalue weighted by Gasteiger charge is 2.05. The Hall–Kier alpha value is -2.23. The Morgan fingerprint density at radius 2 is 2.17 bits per heavy atom. The molecule has 0 fully saturated rings. The minimum atomic E-state index is -0.0814. The minimum Gasteiger partial charge on any atom is -0.352 e. The molecule has 0 saturated heterocycles. The average Bonchev–Trinajstić information content (AvgIpc) is 2.46. The Kier molecular flexibility index (Phi) is 4.02. The molecule has 2 aromatic rings. The van der Waals surface area contributed by atoms with Crippen LogP contribution in [-0.4, -0.2) is 22.4 Å². The predicted octanol–water partition coefficient (Wildman–Crippen LogP) is 2.28. The van der Waals surface area contributed by atoms with E-state index in [1.165, 1.54) is 0 Å². The van der Waals surface area contributed by atoms with E-state index < -0.39 is 0 Å². The number of carbonyl (C=O) groups is 1. The van der Waals surface area contributed by atoms with E-state index in [0.717, 1.165) is 17.7 Å². The number of aromatic nitrogens is 2. The predicted molar refractivity (Wildman–Crippen MR) is 70.1 cm³/mol. The summed E-state index contributed by atoms with van der Waals surface area (Å²) in [5, 5.41) is 2.82. The van der Waals surface area contributed by atoms with Crippen LogP contribution in [0.4, 0.5) is 0 Å². The minimum absolute atomic E-state index is 0.0814. The quantitative estimate of drug-likeness (QED) is 0.893. The first kappa shape index (κ1) is 12.2. The van der Waals surface area contributed by atoms with Gasteiger partial charge in [-0.05, 0) is 30.7 Å². The smallest absolute Gasteiger partial charge is 0.252 e. The van der Waals surface area contributed by atoms with E-state index in [-0.39, 0.29) is 5.91 Å². The molecule has 2 aromatic heterocycles. The Balaban J connectivity index is 2.13. The molecular formula is C14H15N3O. The standard InChI is InChI=1S/C14H15N3O/c1-2-7-16-14(18)12-5-6-13(17-10-12)11-4-3-8-15-9-11/h3-6,8-10H,2,7H2,1H3,(H,16,18). The van der Waals surface area contributed by atoms with Gasteiger partial charge in [0.25, 0.3) is 5.91 Å². The lowest BCUT2D eigenvalue weighted by Crippen LogP contribution is -2.23. The van der Waals surface area contributed by atoms with Crippen LogP contribution in [0.2, 0.25) is 0 Å². The second-order valence-corrected chi connectivity index (χ2v) is 3.93. The lowest BCUT2D eigenvalue weighted by molar-refractivity contribution is 0.0953. The summed E-state index contributed by atoms with van der Waals surface area (Å²) >= 11 is 0. The number of amides is 1. The molecule has 0 aliphatic rings. The lowest BCUT2D eigenvalue weighted by Gasteiger charge is -2.04. The average molecular weight is 241 g/mol. The van der Waals surface area contributed by atoms with E-state index >= 15 is 0 Å². The van der Waals surface area contributed by atoms with Gasteiger partial charge in [0, 0.05) is 30.7 Å². The zero-order valence-electron chi connectivity index (χ0n) is 10.3. The van der Waals surface area contributed by atoms with Gasteiger partial charge in [0.1, 0.15) is 0 Å². The highest BCUT2D eigenvalue weighted by atomic mass is 16.1. The number of carbonyl (C=O) groups excluding carboxylic acids is 1. The largest absolute Gasteiger partial charge is 0.352 e. The van der Waals surface area contributed by atoms with Gasteiger partial charge in [-0.15, -0.1) is 0 Å². The maximum absolute atomic E-state index is 11.7. The molecule has 2 heterocycles. The third-order valence-electron chi connectivity index (χ3n) is 2.52. The van der Waals surface area contributed by atoms with Crippen molar-refractivity contribution in [1.29, 1.82) is 0 Å². The van der Waals surface area contributed by atoms with Crippen molar-refractivity contribution in [3.63, 3.8) is 0 Å². The number of nitrogens with zero attached hydrogens (tertiary/aromatic N) is 2. The van der Waals surface area contributed by atoms with Crippen LogP contribution >= 0.6 is 0 Å². The van der Waals surface area contributed by atoms with Crippen molar-refractivity contribution in [2.45, 2.75) is 13.3 Å². The topological polar surface area (TPSA) is 54.9 Å². The Bertz CT molecular complexity index is 508. The van der Waals surface area contributed by atoms with Gasteiger partial charge >= 0.3 is 0 Å². The number of hydrogen-bond donors (Lipinski definition) is 1. The molecule has 4 nitrogen and oxygen atoms in total. The zero-order chi connectivity index (χ0) is 12.8. The van der Waals surface area contributed by atoms with Crippen molar-refractivity contribution >= 4 is 5.91 Å². The molecule has 0 radical (unpaired) electrons. The highest BCUT2D eigenvalue weighted by molar-refractivity contribution is 5.94. The molecule has 0 bridgehead atoms. The summed E-state index contributed by atoms with van der Waals surface area (Å²) in [5.74, 6) is -0.0814. The molecule has 2 rings (SSSR count). The van der Waals surface area contributed by atoms with Gasteiger partial charge in [-0.1, -0.05) is 6.92 Å². The van der Waals surface area contributed by atoms with Crippen molar-refractivity contribution in [3.8, 4) is 11.3 Å². The number of pyridine rings is 2. The Morgan fingerprint density at radius 3 is 2.78 bits per heavy atom. The fourth-order valence-electron chi connectivity index (χ4n) is 1.55. The first-order chi connectivity index (χ1) is 8.81. The fraction of sp³-hybridized carbons (Fsp3) is 0.214. The van der Waals surface area contributed by atoms with Gasteiger partial charge in [0.15, 0.2) is 0 Å². The summed E-state index contributed by atoms with van der Waals surface area (Å²) in [7, 11) is 0. The molecule has 4 heteroatoms. The molecule has 92 valence electrons. The summed E-state index contributed by atoms with van der Waals surface area (Å²) in [6.45, 7) is 2.70. The van der Waals surface area contributed by atoms with Crippen molar-refractivity contribution in [2.24, 2.45) is 0 Å². The first-order valence-electron chi connectivity index (χ1n) is 5.96. The van der Waals surface area contributed by atoms with Crippen LogP contribution in [0.3, 0.4) is 0 Å². The van der Waals surface area contributed by atoms with Gasteiger partial charge in [-0.2, -0.15) is 0 Å². The van der Waals surface area contributed by atoms with Crippen LogP contribution < -0.4 is 5.32 Å². The maximum Gasteiger partial charge on any atom is 0.252 e. The second-order valence-electron chi connectivity index (χ2n) is 3.93. The van der Waals surface area contributed by atoms with Crippen LogP contribution in [0.1, 0.15) is 23.7 Å². The van der Waals surface area contributed by atoms with Crippen molar-refractivity contribution in [1.82, 2.24) is 15.3 Å². The van der Waals surface area contributed by atoms with Crippen LogP contribution in [0.15, 0.2) is 42.9 Å². The van der Waals surface area contributed by atoms with Crippen molar-refractivity contribution in [2.75, 3.05) is 6.54 Å². The lowest BCUT2D eigenvalue weighted by atomic mass is 10.1. The van der Waals surface area contributed by atoms with Gasteiger partial charge in [0.2, 0.25) is 0 Å². The molecule has 0 unspecified atom stereocenters. The van der Waals surface area contributed by atoms with Crippen LogP contribution in [0.25, 0.3) is 11.3 Å². The molecular weight excluding hydrogens is 226 g/mol. The summed E-state index contributed by atoms with van der Waals surface area (Å²) in [6.07, 6.45) is 5.98. The molecule has 0 aliphatic heterocycles. The third kappa shape index (κ3) is 2.91. The van der Waals surface area contributed by atoms with E-state index in [9.17, 15) is 4.79 Å². The second kappa shape index (κ2) is 5.91. The van der Waals surface area contributed by atoms with Gasteiger partial charge in [0.05, 0.1) is 11.3 Å². The number of nitrogens with one attached hydrogen (secondary N) is 1. The summed E-state index contributed by atoms with van der Waals surface area (Å²) < 4.78 is 0. The van der Waals surface area contributed by atoms with E-state index in [4.69, 9.17) is 0 Å². The SMILES string of the molecule is CCCNC(=O)c1ccc(-c2cccnc2)nc1. The fourth-order valence-corrected chi connectivity index (χ4v) is 1.55. The van der Waals surface area contributed by atoms with Crippen molar-refractivity contribution < 1.29 is 4.79 Å².